The Morgan fingerprint density at radius 3 is 2.73 bits per heavy atom. The molecule has 0 aliphatic heterocycles. The topological polar surface area (TPSA) is 52.3 Å². The van der Waals surface area contributed by atoms with Gasteiger partial charge in [0, 0.05) is 5.56 Å². The molecule has 0 spiro atoms. The second-order valence-electron chi connectivity index (χ2n) is 2.64. The van der Waals surface area contributed by atoms with Gasteiger partial charge in [0.1, 0.15) is 11.9 Å². The van der Waals surface area contributed by atoms with Gasteiger partial charge < -0.3 is 10.5 Å². The largest absolute Gasteiger partial charge is 0.468 e. The Morgan fingerprint density at radius 1 is 1.60 bits per heavy atom. The zero-order valence-electron chi connectivity index (χ0n) is 7.87. The number of halogens is 3. The van der Waals surface area contributed by atoms with Crippen LogP contribution < -0.4 is 5.73 Å². The molecule has 0 aliphatic rings. The van der Waals surface area contributed by atoms with Gasteiger partial charge in [-0.3, -0.25) is 4.79 Å². The lowest BCUT2D eigenvalue weighted by Crippen LogP contribution is -2.23. The van der Waals surface area contributed by atoms with Gasteiger partial charge in [-0.15, -0.1) is 12.4 Å². The van der Waals surface area contributed by atoms with Crippen LogP contribution in [0.25, 0.3) is 0 Å². The predicted molar refractivity (Wildman–Crippen MR) is 57.6 cm³/mol. The summed E-state index contributed by atoms with van der Waals surface area (Å²) in [6.45, 7) is 0. The van der Waals surface area contributed by atoms with E-state index < -0.39 is 17.8 Å². The molecule has 2 N–H and O–H groups in total. The minimum absolute atomic E-state index is 0. The van der Waals surface area contributed by atoms with E-state index in [-0.39, 0.29) is 23.0 Å². The number of hydrogen-bond donors (Lipinski definition) is 1. The number of carbonyl (C=O) groups is 1. The van der Waals surface area contributed by atoms with E-state index in [1.807, 2.05) is 0 Å². The summed E-state index contributed by atoms with van der Waals surface area (Å²) < 4.78 is 17.4. The van der Waals surface area contributed by atoms with Crippen LogP contribution in [0.4, 0.5) is 4.39 Å². The van der Waals surface area contributed by atoms with Crippen LogP contribution in [0.5, 0.6) is 0 Å². The van der Waals surface area contributed by atoms with E-state index in [4.69, 9.17) is 17.3 Å². The van der Waals surface area contributed by atoms with Crippen molar-refractivity contribution in [1.82, 2.24) is 0 Å². The molecule has 0 unspecified atom stereocenters. The van der Waals surface area contributed by atoms with Gasteiger partial charge in [-0.05, 0) is 6.07 Å². The Labute approximate surface area is 97.8 Å². The number of rotatable bonds is 2. The number of methoxy groups -OCH3 is 1. The number of esters is 1. The minimum Gasteiger partial charge on any atom is -0.468 e. The summed E-state index contributed by atoms with van der Waals surface area (Å²) in [7, 11) is 1.20. The summed E-state index contributed by atoms with van der Waals surface area (Å²) in [4.78, 5) is 11.0. The van der Waals surface area contributed by atoms with Gasteiger partial charge in [0.15, 0.2) is 0 Å². The van der Waals surface area contributed by atoms with Crippen molar-refractivity contribution in [2.24, 2.45) is 5.73 Å². The van der Waals surface area contributed by atoms with E-state index in [0.717, 1.165) is 0 Å². The van der Waals surface area contributed by atoms with Crippen molar-refractivity contribution < 1.29 is 13.9 Å². The number of hydrogen-bond acceptors (Lipinski definition) is 3. The van der Waals surface area contributed by atoms with E-state index >= 15 is 0 Å². The first-order chi connectivity index (χ1) is 6.57. The fraction of sp³-hybridized carbons (Fsp3) is 0.222. The highest BCUT2D eigenvalue weighted by Crippen LogP contribution is 2.24. The van der Waals surface area contributed by atoms with Crippen molar-refractivity contribution in [1.29, 1.82) is 0 Å². The summed E-state index contributed by atoms with van der Waals surface area (Å²) in [6, 6.07) is 3.05. The predicted octanol–water partition coefficient (Wildman–Crippen LogP) is 2.07. The Kier molecular flexibility index (Phi) is 5.57. The maximum absolute atomic E-state index is 13.0. The third-order valence-electron chi connectivity index (χ3n) is 1.77. The van der Waals surface area contributed by atoms with Crippen LogP contribution in [-0.2, 0) is 9.53 Å². The maximum atomic E-state index is 13.0. The van der Waals surface area contributed by atoms with E-state index in [0.29, 0.717) is 0 Å². The van der Waals surface area contributed by atoms with Crippen molar-refractivity contribution in [3.05, 3.63) is 34.6 Å². The normalized spacial score (nSPS) is 11.5. The lowest BCUT2D eigenvalue weighted by Gasteiger charge is -2.11. The molecular formula is C9H10Cl2FNO2. The number of carbonyl (C=O) groups excluding carboxylic acids is 1. The van der Waals surface area contributed by atoms with Crippen molar-refractivity contribution in [3.8, 4) is 0 Å². The highest BCUT2D eigenvalue weighted by Gasteiger charge is 2.20. The van der Waals surface area contributed by atoms with Gasteiger partial charge in [-0.1, -0.05) is 23.7 Å². The number of nitrogens with two attached hydrogens (primary N) is 1. The average Bonchev–Trinajstić information content (AvgIpc) is 2.20. The highest BCUT2D eigenvalue weighted by atomic mass is 35.5. The van der Waals surface area contributed by atoms with Gasteiger partial charge in [0.2, 0.25) is 0 Å². The second-order valence-corrected chi connectivity index (χ2v) is 3.02. The Balaban J connectivity index is 0.00000196. The molecule has 0 aliphatic carbocycles. The minimum atomic E-state index is -1.05. The van der Waals surface area contributed by atoms with Gasteiger partial charge in [-0.25, -0.2) is 4.39 Å². The molecular weight excluding hydrogens is 244 g/mol. The summed E-state index contributed by atoms with van der Waals surface area (Å²) in [5.74, 6) is -1.26. The first kappa shape index (κ1) is 14.2. The van der Waals surface area contributed by atoms with E-state index in [1.165, 1.54) is 25.3 Å². The molecule has 0 saturated heterocycles. The first-order valence-electron chi connectivity index (χ1n) is 3.85. The maximum Gasteiger partial charge on any atom is 0.327 e. The van der Waals surface area contributed by atoms with E-state index in [1.54, 1.807) is 0 Å². The Hall–Kier alpha value is -0.840. The Bertz CT molecular complexity index is 360. The highest BCUT2D eigenvalue weighted by molar-refractivity contribution is 6.31. The zero-order chi connectivity index (χ0) is 10.7. The van der Waals surface area contributed by atoms with Crippen LogP contribution in [0, 0.1) is 5.82 Å². The van der Waals surface area contributed by atoms with Crippen LogP contribution >= 0.6 is 24.0 Å². The van der Waals surface area contributed by atoms with Crippen LogP contribution in [0.2, 0.25) is 5.02 Å². The van der Waals surface area contributed by atoms with Crippen molar-refractivity contribution in [2.75, 3.05) is 7.11 Å². The van der Waals surface area contributed by atoms with Crippen molar-refractivity contribution in [2.45, 2.75) is 6.04 Å². The summed E-state index contributed by atoms with van der Waals surface area (Å²) in [5, 5.41) is -0.148. The van der Waals surface area contributed by atoms with Crippen LogP contribution in [0.15, 0.2) is 18.2 Å². The van der Waals surface area contributed by atoms with Crippen LogP contribution in [0.3, 0.4) is 0 Å². The van der Waals surface area contributed by atoms with Crippen molar-refractivity contribution in [3.63, 3.8) is 0 Å². The smallest absolute Gasteiger partial charge is 0.327 e. The molecule has 0 heterocycles. The van der Waals surface area contributed by atoms with Crippen LogP contribution in [0.1, 0.15) is 11.6 Å². The molecule has 0 amide bonds. The second kappa shape index (κ2) is 5.90. The summed E-state index contributed by atoms with van der Waals surface area (Å²) >= 11 is 5.63. The van der Waals surface area contributed by atoms with E-state index in [2.05, 4.69) is 4.74 Å². The van der Waals surface area contributed by atoms with E-state index in [9.17, 15) is 9.18 Å². The number of benzene rings is 1. The molecule has 3 nitrogen and oxygen atoms in total. The SMILES string of the molecule is COC(=O)[C@H](N)c1cccc(F)c1Cl.Cl. The van der Waals surface area contributed by atoms with Crippen LogP contribution in [-0.4, -0.2) is 13.1 Å². The fourth-order valence-electron chi connectivity index (χ4n) is 1.01. The lowest BCUT2D eigenvalue weighted by molar-refractivity contribution is -0.142. The molecule has 1 atom stereocenters. The molecule has 0 bridgehead atoms. The number of ether oxygens (including phenoxy) is 1. The molecule has 0 saturated carbocycles. The quantitative estimate of drug-likeness (QED) is 0.822. The third-order valence-corrected chi connectivity index (χ3v) is 2.17. The molecule has 1 aromatic carbocycles. The molecule has 0 fully saturated rings. The van der Waals surface area contributed by atoms with Gasteiger partial charge in [0.05, 0.1) is 12.1 Å². The van der Waals surface area contributed by atoms with Gasteiger partial charge in [-0.2, -0.15) is 0 Å². The molecule has 0 aromatic heterocycles. The summed E-state index contributed by atoms with van der Waals surface area (Å²) in [6.07, 6.45) is 0. The first-order valence-corrected chi connectivity index (χ1v) is 4.23. The van der Waals surface area contributed by atoms with Gasteiger partial charge in [0.25, 0.3) is 0 Å². The molecule has 84 valence electrons. The standard InChI is InChI=1S/C9H9ClFNO2.ClH/c1-14-9(13)8(12)5-3-2-4-6(11)7(5)10;/h2-4,8H,12H2,1H3;1H/t8-;/m1./s1. The average molecular weight is 254 g/mol. The lowest BCUT2D eigenvalue weighted by atomic mass is 10.1. The molecule has 6 heteroatoms. The molecule has 1 rings (SSSR count). The summed E-state index contributed by atoms with van der Waals surface area (Å²) in [5.41, 5.74) is 5.71. The van der Waals surface area contributed by atoms with Gasteiger partial charge >= 0.3 is 5.97 Å². The van der Waals surface area contributed by atoms with Crippen molar-refractivity contribution >= 4 is 30.0 Å². The monoisotopic (exact) mass is 253 g/mol. The Morgan fingerprint density at radius 2 is 2.20 bits per heavy atom. The zero-order valence-corrected chi connectivity index (χ0v) is 9.44. The molecule has 1 aromatic rings. The molecule has 15 heavy (non-hydrogen) atoms. The third kappa shape index (κ3) is 3.06. The fourth-order valence-corrected chi connectivity index (χ4v) is 1.26. The molecule has 0 radical (unpaired) electrons.